The van der Waals surface area contributed by atoms with Crippen LogP contribution in [0.5, 0.6) is 0 Å². The average molecular weight is 337 g/mol. The molecule has 5 nitrogen and oxygen atoms in total. The zero-order chi connectivity index (χ0) is 16.6. The molecule has 3 aromatic rings. The Morgan fingerprint density at radius 1 is 1.26 bits per heavy atom. The Balaban J connectivity index is 1.93. The van der Waals surface area contributed by atoms with Crippen LogP contribution in [-0.2, 0) is 20.3 Å². The highest BCUT2D eigenvalue weighted by Gasteiger charge is 2.17. The van der Waals surface area contributed by atoms with Crippen LogP contribution in [0.25, 0.3) is 11.0 Å². The van der Waals surface area contributed by atoms with Crippen LogP contribution >= 0.6 is 12.2 Å². The van der Waals surface area contributed by atoms with Crippen LogP contribution in [-0.4, -0.2) is 30.9 Å². The number of rotatable bonds is 5. The van der Waals surface area contributed by atoms with E-state index in [0.717, 1.165) is 10.1 Å². The number of fused-ring (bicyclic) bond motifs is 1. The second-order valence-corrected chi connectivity index (χ2v) is 5.89. The number of halogens is 2. The molecule has 0 saturated heterocycles. The first-order valence-electron chi connectivity index (χ1n) is 7.11. The zero-order valence-electron chi connectivity index (χ0n) is 12.9. The van der Waals surface area contributed by atoms with Crippen LogP contribution in [0.3, 0.4) is 0 Å². The van der Waals surface area contributed by atoms with Gasteiger partial charge in [-0.3, -0.25) is 14.1 Å². The van der Waals surface area contributed by atoms with Crippen molar-refractivity contribution < 1.29 is 8.78 Å². The minimum atomic E-state index is -2.66. The first-order chi connectivity index (χ1) is 11.0. The lowest BCUT2D eigenvalue weighted by Crippen LogP contribution is -2.21. The topological polar surface area (TPSA) is 30.9 Å². The van der Waals surface area contributed by atoms with E-state index in [1.807, 2.05) is 37.3 Å². The molecule has 8 heteroatoms. The number of alkyl halides is 2. The summed E-state index contributed by atoms with van der Waals surface area (Å²) in [4.78, 5) is 2.01. The third-order valence-corrected chi connectivity index (χ3v) is 4.07. The molecule has 0 atom stereocenters. The predicted octanol–water partition coefficient (Wildman–Crippen LogP) is 3.39. The molecule has 0 fully saturated rings. The number of hydrogen-bond donors (Lipinski definition) is 0. The van der Waals surface area contributed by atoms with Gasteiger partial charge in [-0.25, -0.2) is 0 Å². The fraction of sp³-hybridized carbons (Fsp3) is 0.333. The van der Waals surface area contributed by atoms with E-state index in [1.165, 1.54) is 0 Å². The quantitative estimate of drug-likeness (QED) is 0.669. The maximum atomic E-state index is 13.3. The van der Waals surface area contributed by atoms with Crippen molar-refractivity contribution in [2.45, 2.75) is 19.8 Å². The SMILES string of the molecule is CN(Cc1cnn(C)c1)Cn1c(=S)n(C(F)F)c2ccccc21. The van der Waals surface area contributed by atoms with E-state index in [2.05, 4.69) is 5.10 Å². The van der Waals surface area contributed by atoms with Crippen LogP contribution in [0.2, 0.25) is 0 Å². The van der Waals surface area contributed by atoms with Crippen LogP contribution in [0.4, 0.5) is 8.78 Å². The van der Waals surface area contributed by atoms with E-state index in [4.69, 9.17) is 12.2 Å². The summed E-state index contributed by atoms with van der Waals surface area (Å²) in [5.74, 6) is 0. The predicted molar refractivity (Wildman–Crippen MR) is 86.7 cm³/mol. The molecule has 0 N–H and O–H groups in total. The Labute approximate surface area is 137 Å². The first-order valence-corrected chi connectivity index (χ1v) is 7.52. The van der Waals surface area contributed by atoms with Gasteiger partial charge in [0.2, 0.25) is 0 Å². The van der Waals surface area contributed by atoms with E-state index < -0.39 is 6.55 Å². The van der Waals surface area contributed by atoms with Gasteiger partial charge >= 0.3 is 6.55 Å². The summed E-state index contributed by atoms with van der Waals surface area (Å²) in [6.45, 7) is -1.57. The summed E-state index contributed by atoms with van der Waals surface area (Å²) in [5, 5.41) is 4.13. The Morgan fingerprint density at radius 2 is 1.96 bits per heavy atom. The standard InChI is InChI=1S/C15H17F2N5S/c1-19(8-11-7-18-20(2)9-11)10-21-12-5-3-4-6-13(12)22(14(16)17)15(21)23/h3-7,9,14H,8,10H2,1-2H3. The van der Waals surface area contributed by atoms with Crippen molar-refractivity contribution in [1.82, 2.24) is 23.8 Å². The van der Waals surface area contributed by atoms with Crippen molar-refractivity contribution in [2.24, 2.45) is 7.05 Å². The van der Waals surface area contributed by atoms with Gasteiger partial charge in [0.05, 0.1) is 23.9 Å². The Bertz CT molecular complexity index is 880. The van der Waals surface area contributed by atoms with Gasteiger partial charge in [0, 0.05) is 25.4 Å². The van der Waals surface area contributed by atoms with E-state index in [9.17, 15) is 8.78 Å². The molecule has 0 aliphatic rings. The molecule has 0 spiro atoms. The summed E-state index contributed by atoms with van der Waals surface area (Å²) < 4.78 is 31.1. The Hall–Kier alpha value is -2.06. The van der Waals surface area contributed by atoms with Gasteiger partial charge in [-0.15, -0.1) is 0 Å². The lowest BCUT2D eigenvalue weighted by Gasteiger charge is -2.17. The average Bonchev–Trinajstić information content (AvgIpc) is 3.01. The van der Waals surface area contributed by atoms with Gasteiger partial charge in [0.1, 0.15) is 0 Å². The smallest absolute Gasteiger partial charge is 0.303 e. The number of benzene rings is 1. The molecule has 0 aliphatic heterocycles. The van der Waals surface area contributed by atoms with Crippen molar-refractivity contribution in [3.63, 3.8) is 0 Å². The maximum Gasteiger partial charge on any atom is 0.321 e. The van der Waals surface area contributed by atoms with Crippen LogP contribution in [0.1, 0.15) is 12.1 Å². The summed E-state index contributed by atoms with van der Waals surface area (Å²) in [5.41, 5.74) is 2.21. The lowest BCUT2D eigenvalue weighted by molar-refractivity contribution is 0.0717. The van der Waals surface area contributed by atoms with Gasteiger partial charge in [0.15, 0.2) is 4.77 Å². The minimum absolute atomic E-state index is 0.124. The van der Waals surface area contributed by atoms with Crippen LogP contribution in [0.15, 0.2) is 36.7 Å². The molecule has 1 aromatic carbocycles. The maximum absolute atomic E-state index is 13.3. The molecule has 23 heavy (non-hydrogen) atoms. The third kappa shape index (κ3) is 3.04. The van der Waals surface area contributed by atoms with Gasteiger partial charge in [0.25, 0.3) is 0 Å². The number of imidazole rings is 1. The summed E-state index contributed by atoms with van der Waals surface area (Å²) in [7, 11) is 3.78. The summed E-state index contributed by atoms with van der Waals surface area (Å²) >= 11 is 5.26. The van der Waals surface area contributed by atoms with E-state index in [1.54, 1.807) is 27.6 Å². The van der Waals surface area contributed by atoms with Crippen LogP contribution < -0.4 is 0 Å². The van der Waals surface area contributed by atoms with Crippen LogP contribution in [0, 0.1) is 4.77 Å². The second kappa shape index (κ2) is 6.21. The van der Waals surface area contributed by atoms with Gasteiger partial charge < -0.3 is 4.57 Å². The number of hydrogen-bond acceptors (Lipinski definition) is 3. The minimum Gasteiger partial charge on any atom is -0.303 e. The zero-order valence-corrected chi connectivity index (χ0v) is 13.7. The first kappa shape index (κ1) is 15.8. The third-order valence-electron chi connectivity index (χ3n) is 3.66. The molecule has 2 aromatic heterocycles. The fourth-order valence-corrected chi connectivity index (χ4v) is 3.05. The fourth-order valence-electron chi connectivity index (χ4n) is 2.71. The molecule has 0 unspecified atom stereocenters. The number of aryl methyl sites for hydroxylation is 1. The number of aromatic nitrogens is 4. The number of nitrogens with zero attached hydrogens (tertiary/aromatic N) is 5. The van der Waals surface area contributed by atoms with Crippen molar-refractivity contribution in [1.29, 1.82) is 0 Å². The Morgan fingerprint density at radius 3 is 2.57 bits per heavy atom. The normalized spacial score (nSPS) is 11.9. The highest BCUT2D eigenvalue weighted by molar-refractivity contribution is 7.71. The summed E-state index contributed by atoms with van der Waals surface area (Å²) in [6.07, 6.45) is 3.72. The molecule has 122 valence electrons. The largest absolute Gasteiger partial charge is 0.321 e. The van der Waals surface area contributed by atoms with E-state index >= 15 is 0 Å². The molecular weight excluding hydrogens is 320 g/mol. The Kier molecular flexibility index (Phi) is 4.27. The summed E-state index contributed by atoms with van der Waals surface area (Å²) in [6, 6.07) is 7.03. The van der Waals surface area contributed by atoms with Gasteiger partial charge in [-0.05, 0) is 31.4 Å². The van der Waals surface area contributed by atoms with Crippen molar-refractivity contribution in [3.8, 4) is 0 Å². The van der Waals surface area contributed by atoms with E-state index in [0.29, 0.717) is 24.2 Å². The monoisotopic (exact) mass is 337 g/mol. The van der Waals surface area contributed by atoms with Crippen molar-refractivity contribution >= 4 is 23.3 Å². The lowest BCUT2D eigenvalue weighted by atomic mass is 10.3. The molecule has 0 radical (unpaired) electrons. The second-order valence-electron chi connectivity index (χ2n) is 5.52. The van der Waals surface area contributed by atoms with Gasteiger partial charge in [-0.1, -0.05) is 12.1 Å². The van der Waals surface area contributed by atoms with Gasteiger partial charge in [-0.2, -0.15) is 13.9 Å². The molecule has 0 amide bonds. The molecule has 0 aliphatic carbocycles. The van der Waals surface area contributed by atoms with Crippen molar-refractivity contribution in [2.75, 3.05) is 7.05 Å². The highest BCUT2D eigenvalue weighted by atomic mass is 32.1. The van der Waals surface area contributed by atoms with E-state index in [-0.39, 0.29) is 4.77 Å². The number of para-hydroxylation sites is 2. The molecule has 0 saturated carbocycles. The molecule has 2 heterocycles. The molecule has 0 bridgehead atoms. The molecule has 3 rings (SSSR count). The molecular formula is C15H17F2N5S. The highest BCUT2D eigenvalue weighted by Crippen LogP contribution is 2.24. The van der Waals surface area contributed by atoms with Crippen molar-refractivity contribution in [3.05, 3.63) is 47.0 Å².